The van der Waals surface area contributed by atoms with Gasteiger partial charge in [-0.2, -0.15) is 0 Å². The third kappa shape index (κ3) is 5.35. The van der Waals surface area contributed by atoms with Crippen molar-refractivity contribution in [2.24, 2.45) is 0 Å². The van der Waals surface area contributed by atoms with E-state index in [2.05, 4.69) is 0 Å². The zero-order valence-electron chi connectivity index (χ0n) is 7.28. The second-order valence-corrected chi connectivity index (χ2v) is 2.44. The van der Waals surface area contributed by atoms with Crippen molar-refractivity contribution >= 4 is 12.6 Å². The van der Waals surface area contributed by atoms with Crippen molar-refractivity contribution < 1.29 is 9.59 Å². The van der Waals surface area contributed by atoms with Gasteiger partial charge in [0.25, 0.3) is 0 Å². The topological polar surface area (TPSA) is 34.1 Å². The highest BCUT2D eigenvalue weighted by Gasteiger charge is 1.79. The second-order valence-electron chi connectivity index (χ2n) is 2.44. The molecule has 12 heavy (non-hydrogen) atoms. The molecule has 2 heteroatoms. The van der Waals surface area contributed by atoms with E-state index in [9.17, 15) is 9.59 Å². The van der Waals surface area contributed by atoms with E-state index < -0.39 is 0 Å². The van der Waals surface area contributed by atoms with Gasteiger partial charge in [-0.15, -0.1) is 0 Å². The Morgan fingerprint density at radius 2 is 1.17 bits per heavy atom. The zero-order valence-corrected chi connectivity index (χ0v) is 7.28. The molecule has 0 fully saturated rings. The molecule has 0 bridgehead atoms. The summed E-state index contributed by atoms with van der Waals surface area (Å²) in [6, 6.07) is 0. The molecule has 0 saturated heterocycles. The fraction of sp³-hybridized carbons (Fsp3) is 0.200. The Labute approximate surface area is 72.3 Å². The Morgan fingerprint density at radius 1 is 0.833 bits per heavy atom. The Bertz CT molecular complexity index is 219. The van der Waals surface area contributed by atoms with Crippen molar-refractivity contribution in [2.45, 2.75) is 13.8 Å². The van der Waals surface area contributed by atoms with Crippen LogP contribution in [-0.4, -0.2) is 12.6 Å². The summed E-state index contributed by atoms with van der Waals surface area (Å²) in [5, 5.41) is 0. The molecule has 0 aromatic carbocycles. The van der Waals surface area contributed by atoms with Crippen LogP contribution in [0.1, 0.15) is 13.8 Å². The summed E-state index contributed by atoms with van der Waals surface area (Å²) in [6.07, 6.45) is 8.36. The summed E-state index contributed by atoms with van der Waals surface area (Å²) in [5.74, 6) is 0. The van der Waals surface area contributed by atoms with Gasteiger partial charge in [-0.1, -0.05) is 24.3 Å². The van der Waals surface area contributed by atoms with Crippen LogP contribution in [-0.2, 0) is 9.59 Å². The van der Waals surface area contributed by atoms with Crippen LogP contribution >= 0.6 is 0 Å². The van der Waals surface area contributed by atoms with Crippen molar-refractivity contribution in [1.82, 2.24) is 0 Å². The van der Waals surface area contributed by atoms with E-state index in [1.807, 2.05) is 0 Å². The molecule has 0 heterocycles. The summed E-state index contributed by atoms with van der Waals surface area (Å²) in [5.41, 5.74) is 1.31. The molecule has 0 spiro atoms. The van der Waals surface area contributed by atoms with Gasteiger partial charge in [-0.3, -0.25) is 9.59 Å². The second kappa shape index (κ2) is 6.28. The van der Waals surface area contributed by atoms with Crippen LogP contribution in [0.2, 0.25) is 0 Å². The van der Waals surface area contributed by atoms with Gasteiger partial charge in [0.05, 0.1) is 0 Å². The highest BCUT2D eigenvalue weighted by Crippen LogP contribution is 1.90. The van der Waals surface area contributed by atoms with Crippen molar-refractivity contribution in [1.29, 1.82) is 0 Å². The highest BCUT2D eigenvalue weighted by molar-refractivity contribution is 5.73. The zero-order chi connectivity index (χ0) is 9.40. The minimum atomic E-state index is 0.656. The molecule has 0 atom stereocenters. The van der Waals surface area contributed by atoms with Crippen molar-refractivity contribution in [3.05, 3.63) is 35.5 Å². The van der Waals surface area contributed by atoms with Crippen LogP contribution in [0, 0.1) is 0 Å². The van der Waals surface area contributed by atoms with Crippen LogP contribution in [0.3, 0.4) is 0 Å². The van der Waals surface area contributed by atoms with Gasteiger partial charge in [-0.25, -0.2) is 0 Å². The molecule has 0 aliphatic heterocycles. The molecule has 0 radical (unpaired) electrons. The monoisotopic (exact) mass is 164 g/mol. The average Bonchev–Trinajstić information content (AvgIpc) is 2.11. The third-order valence-electron chi connectivity index (χ3n) is 1.20. The standard InChI is InChI=1S/C10H12O2/c1-9(7-11)5-3-4-6-10(2)8-12/h3-8H,1-2H3/b4-3+,9-5-,10-6+. The smallest absolute Gasteiger partial charge is 0.145 e. The summed E-state index contributed by atoms with van der Waals surface area (Å²) in [6.45, 7) is 3.43. The van der Waals surface area contributed by atoms with Crippen molar-refractivity contribution in [3.8, 4) is 0 Å². The predicted octanol–water partition coefficient (Wildman–Crippen LogP) is 1.83. The maximum absolute atomic E-state index is 10.1. The van der Waals surface area contributed by atoms with Crippen LogP contribution in [0.25, 0.3) is 0 Å². The van der Waals surface area contributed by atoms with Crippen LogP contribution < -0.4 is 0 Å². The Kier molecular flexibility index (Phi) is 5.53. The van der Waals surface area contributed by atoms with Gasteiger partial charge in [0.1, 0.15) is 12.6 Å². The van der Waals surface area contributed by atoms with E-state index in [1.165, 1.54) is 0 Å². The first-order chi connectivity index (χ1) is 5.70. The molecule has 0 aliphatic rings. The average molecular weight is 164 g/mol. The molecule has 0 aromatic rings. The Hall–Kier alpha value is -1.44. The minimum absolute atomic E-state index is 0.656. The number of hydrogen-bond donors (Lipinski definition) is 0. The van der Waals surface area contributed by atoms with Gasteiger partial charge in [0.2, 0.25) is 0 Å². The van der Waals surface area contributed by atoms with Gasteiger partial charge in [0, 0.05) is 0 Å². The molecule has 0 saturated carbocycles. The Morgan fingerprint density at radius 3 is 1.42 bits per heavy atom. The maximum Gasteiger partial charge on any atom is 0.145 e. The number of aldehydes is 2. The van der Waals surface area contributed by atoms with E-state index in [0.29, 0.717) is 11.1 Å². The van der Waals surface area contributed by atoms with Gasteiger partial charge in [-0.05, 0) is 25.0 Å². The summed E-state index contributed by atoms with van der Waals surface area (Å²) >= 11 is 0. The lowest BCUT2D eigenvalue weighted by molar-refractivity contribution is -0.105. The quantitative estimate of drug-likeness (QED) is 0.361. The molecule has 0 aliphatic carbocycles. The van der Waals surface area contributed by atoms with Gasteiger partial charge >= 0.3 is 0 Å². The SMILES string of the molecule is C/C(C=O)=C/C=C/C=C(\C)C=O. The summed E-state index contributed by atoms with van der Waals surface area (Å²) < 4.78 is 0. The van der Waals surface area contributed by atoms with E-state index in [0.717, 1.165) is 12.6 Å². The van der Waals surface area contributed by atoms with E-state index >= 15 is 0 Å². The molecule has 0 N–H and O–H groups in total. The molecule has 0 unspecified atom stereocenters. The van der Waals surface area contributed by atoms with Gasteiger partial charge in [0.15, 0.2) is 0 Å². The predicted molar refractivity (Wildman–Crippen MR) is 48.8 cm³/mol. The van der Waals surface area contributed by atoms with Crippen LogP contribution in [0.5, 0.6) is 0 Å². The summed E-state index contributed by atoms with van der Waals surface area (Å²) in [7, 11) is 0. The number of hydrogen-bond acceptors (Lipinski definition) is 2. The lowest BCUT2D eigenvalue weighted by Crippen LogP contribution is -1.73. The fourth-order valence-electron chi connectivity index (χ4n) is 0.493. The number of carbonyl (C=O) groups is 2. The van der Waals surface area contributed by atoms with Crippen LogP contribution in [0.4, 0.5) is 0 Å². The maximum atomic E-state index is 10.1. The molecule has 64 valence electrons. The largest absolute Gasteiger partial charge is 0.298 e. The molecular formula is C10H12O2. The van der Waals surface area contributed by atoms with Crippen molar-refractivity contribution in [3.63, 3.8) is 0 Å². The molecule has 0 amide bonds. The molecule has 2 nitrogen and oxygen atoms in total. The van der Waals surface area contributed by atoms with E-state index in [1.54, 1.807) is 38.2 Å². The highest BCUT2D eigenvalue weighted by atomic mass is 16.1. The number of rotatable bonds is 4. The lowest BCUT2D eigenvalue weighted by Gasteiger charge is -1.81. The Balaban J connectivity index is 4.09. The number of allylic oxidation sites excluding steroid dienone is 6. The van der Waals surface area contributed by atoms with Gasteiger partial charge < -0.3 is 0 Å². The normalized spacial score (nSPS) is 13.5. The minimum Gasteiger partial charge on any atom is -0.298 e. The van der Waals surface area contributed by atoms with E-state index in [4.69, 9.17) is 0 Å². The summed E-state index contributed by atoms with van der Waals surface area (Å²) in [4.78, 5) is 20.2. The third-order valence-corrected chi connectivity index (χ3v) is 1.20. The molecule has 0 rings (SSSR count). The first-order valence-electron chi connectivity index (χ1n) is 3.63. The lowest BCUT2D eigenvalue weighted by atomic mass is 10.2. The molecule has 0 aromatic heterocycles. The van der Waals surface area contributed by atoms with E-state index in [-0.39, 0.29) is 0 Å². The first-order valence-corrected chi connectivity index (χ1v) is 3.63. The first kappa shape index (κ1) is 10.6. The fourth-order valence-corrected chi connectivity index (χ4v) is 0.493. The molecular weight excluding hydrogens is 152 g/mol. The van der Waals surface area contributed by atoms with Crippen LogP contribution in [0.15, 0.2) is 35.5 Å². The number of carbonyl (C=O) groups excluding carboxylic acids is 2. The van der Waals surface area contributed by atoms with Crippen molar-refractivity contribution in [2.75, 3.05) is 0 Å².